The Bertz CT molecular complexity index is 960. The molecule has 1 aliphatic carbocycles. The Labute approximate surface area is 164 Å². The standard InChI is InChI=1S/C23H24N2O3/c26-20-8-7-18-22(27)21(13-16-6-5-15-3-1-2-4-17(15)16)28-23(18)19(20)14-25-11-9-24-10-12-25/h1-4,6-8,21,24,26H,5,9-14H2. The number of carbonyl (C=O) groups excluding carboxylic acids is 1. The molecule has 2 N–H and O–H groups in total. The number of phenols is 1. The van der Waals surface area contributed by atoms with Crippen LogP contribution < -0.4 is 10.1 Å². The first-order chi connectivity index (χ1) is 13.7. The van der Waals surface area contributed by atoms with E-state index in [1.54, 1.807) is 12.1 Å². The summed E-state index contributed by atoms with van der Waals surface area (Å²) in [4.78, 5) is 15.3. The maximum atomic E-state index is 13.0. The zero-order chi connectivity index (χ0) is 19.1. The molecule has 0 saturated carbocycles. The Hall–Kier alpha value is -2.63. The van der Waals surface area contributed by atoms with Crippen LogP contribution >= 0.6 is 0 Å². The fourth-order valence-corrected chi connectivity index (χ4v) is 4.44. The summed E-state index contributed by atoms with van der Waals surface area (Å²) >= 11 is 0. The van der Waals surface area contributed by atoms with E-state index in [2.05, 4.69) is 28.4 Å². The van der Waals surface area contributed by atoms with Gasteiger partial charge in [0.2, 0.25) is 5.78 Å². The SMILES string of the molecule is O=C1c2ccc(O)c(CN3CCNCC3)c2OC1CC1=CCc2ccccc21. The minimum atomic E-state index is -0.518. The van der Waals surface area contributed by atoms with Crippen LogP contribution in [-0.4, -0.2) is 48.1 Å². The molecule has 0 spiro atoms. The van der Waals surface area contributed by atoms with Crippen LogP contribution in [0.15, 0.2) is 42.5 Å². The van der Waals surface area contributed by atoms with E-state index in [9.17, 15) is 9.90 Å². The molecule has 0 aromatic heterocycles. The number of benzene rings is 2. The molecule has 144 valence electrons. The molecule has 2 heterocycles. The summed E-state index contributed by atoms with van der Waals surface area (Å²) < 4.78 is 6.16. The van der Waals surface area contributed by atoms with E-state index < -0.39 is 6.10 Å². The summed E-state index contributed by atoms with van der Waals surface area (Å²) in [5, 5.41) is 13.8. The number of rotatable bonds is 4. The van der Waals surface area contributed by atoms with Crippen molar-refractivity contribution in [2.75, 3.05) is 26.2 Å². The van der Waals surface area contributed by atoms with Gasteiger partial charge in [-0.3, -0.25) is 9.69 Å². The number of carbonyl (C=O) groups is 1. The molecule has 0 radical (unpaired) electrons. The van der Waals surface area contributed by atoms with Crippen LogP contribution in [0.1, 0.15) is 33.5 Å². The van der Waals surface area contributed by atoms with Gasteiger partial charge in [0.15, 0.2) is 6.10 Å². The Morgan fingerprint density at radius 2 is 1.93 bits per heavy atom. The number of fused-ring (bicyclic) bond motifs is 2. The minimum Gasteiger partial charge on any atom is -0.507 e. The van der Waals surface area contributed by atoms with Gasteiger partial charge in [0.05, 0.1) is 11.1 Å². The van der Waals surface area contributed by atoms with Crippen molar-refractivity contribution in [3.8, 4) is 11.5 Å². The number of nitrogens with one attached hydrogen (secondary N) is 1. The summed E-state index contributed by atoms with van der Waals surface area (Å²) in [5.41, 5.74) is 5.03. The third kappa shape index (κ3) is 3.01. The van der Waals surface area contributed by atoms with Crippen LogP contribution in [0.3, 0.4) is 0 Å². The number of ketones is 1. The molecule has 1 saturated heterocycles. The van der Waals surface area contributed by atoms with Crippen molar-refractivity contribution in [1.29, 1.82) is 0 Å². The first kappa shape index (κ1) is 17.5. The van der Waals surface area contributed by atoms with Crippen molar-refractivity contribution in [3.63, 3.8) is 0 Å². The molecular formula is C23H24N2O3. The predicted octanol–water partition coefficient (Wildman–Crippen LogP) is 2.77. The van der Waals surface area contributed by atoms with Gasteiger partial charge in [0, 0.05) is 39.1 Å². The Morgan fingerprint density at radius 3 is 2.79 bits per heavy atom. The van der Waals surface area contributed by atoms with Crippen molar-refractivity contribution in [1.82, 2.24) is 10.2 Å². The monoisotopic (exact) mass is 376 g/mol. The fourth-order valence-electron chi connectivity index (χ4n) is 4.44. The largest absolute Gasteiger partial charge is 0.507 e. The van der Waals surface area contributed by atoms with Gasteiger partial charge in [0.1, 0.15) is 11.5 Å². The Kier molecular flexibility index (Phi) is 4.41. The van der Waals surface area contributed by atoms with Crippen LogP contribution in [0.4, 0.5) is 0 Å². The molecule has 1 atom stereocenters. The molecule has 1 fully saturated rings. The van der Waals surface area contributed by atoms with Crippen molar-refractivity contribution in [3.05, 3.63) is 64.7 Å². The first-order valence-electron chi connectivity index (χ1n) is 9.97. The van der Waals surface area contributed by atoms with Gasteiger partial charge in [-0.25, -0.2) is 0 Å². The lowest BCUT2D eigenvalue weighted by Gasteiger charge is -2.28. The van der Waals surface area contributed by atoms with Crippen molar-refractivity contribution >= 4 is 11.4 Å². The Morgan fingerprint density at radius 1 is 1.11 bits per heavy atom. The zero-order valence-corrected chi connectivity index (χ0v) is 15.8. The van der Waals surface area contributed by atoms with E-state index in [1.165, 1.54) is 16.7 Å². The van der Waals surface area contributed by atoms with Gasteiger partial charge in [-0.1, -0.05) is 30.3 Å². The highest BCUT2D eigenvalue weighted by molar-refractivity contribution is 6.06. The number of piperazine rings is 1. The van der Waals surface area contributed by atoms with E-state index in [0.29, 0.717) is 24.3 Å². The van der Waals surface area contributed by atoms with Gasteiger partial charge in [-0.05, 0) is 35.3 Å². The fraction of sp³-hybridized carbons (Fsp3) is 0.348. The molecule has 2 aromatic carbocycles. The second-order valence-corrected chi connectivity index (χ2v) is 7.73. The van der Waals surface area contributed by atoms with Crippen LogP contribution in [0.25, 0.3) is 5.57 Å². The molecular weight excluding hydrogens is 352 g/mol. The summed E-state index contributed by atoms with van der Waals surface area (Å²) in [6, 6.07) is 11.7. The van der Waals surface area contributed by atoms with Gasteiger partial charge < -0.3 is 15.2 Å². The van der Waals surface area contributed by atoms with E-state index >= 15 is 0 Å². The number of nitrogens with zero attached hydrogens (tertiary/aromatic N) is 1. The molecule has 1 unspecified atom stereocenters. The first-order valence-corrected chi connectivity index (χ1v) is 9.97. The van der Waals surface area contributed by atoms with Crippen LogP contribution in [-0.2, 0) is 13.0 Å². The number of ether oxygens (including phenoxy) is 1. The van der Waals surface area contributed by atoms with Crippen LogP contribution in [0.2, 0.25) is 0 Å². The molecule has 3 aliphatic rings. The highest BCUT2D eigenvalue weighted by Gasteiger charge is 2.36. The van der Waals surface area contributed by atoms with E-state index in [-0.39, 0.29) is 11.5 Å². The second kappa shape index (κ2) is 7.08. The molecule has 28 heavy (non-hydrogen) atoms. The highest BCUT2D eigenvalue weighted by Crippen LogP contribution is 2.41. The molecule has 2 aromatic rings. The Balaban J connectivity index is 1.39. The zero-order valence-electron chi connectivity index (χ0n) is 15.8. The molecule has 5 nitrogen and oxygen atoms in total. The van der Waals surface area contributed by atoms with Crippen molar-refractivity contribution < 1.29 is 14.6 Å². The number of aromatic hydroxyl groups is 1. The maximum Gasteiger partial charge on any atom is 0.207 e. The highest BCUT2D eigenvalue weighted by atomic mass is 16.5. The maximum absolute atomic E-state index is 13.0. The molecule has 5 heteroatoms. The van der Waals surface area contributed by atoms with E-state index in [4.69, 9.17) is 4.74 Å². The van der Waals surface area contributed by atoms with Crippen molar-refractivity contribution in [2.24, 2.45) is 0 Å². The van der Waals surface area contributed by atoms with Gasteiger partial charge in [-0.2, -0.15) is 0 Å². The van der Waals surface area contributed by atoms with Crippen LogP contribution in [0.5, 0.6) is 11.5 Å². The molecule has 0 amide bonds. The molecule has 5 rings (SSSR count). The number of Topliss-reactive ketones (excluding diaryl/α,β-unsaturated/α-hetero) is 1. The number of phenolic OH excluding ortho intramolecular Hbond substituents is 1. The quantitative estimate of drug-likeness (QED) is 0.859. The summed E-state index contributed by atoms with van der Waals surface area (Å²) in [6.07, 6.45) is 3.16. The third-order valence-electron chi connectivity index (χ3n) is 5.98. The molecule has 0 bridgehead atoms. The smallest absolute Gasteiger partial charge is 0.207 e. The lowest BCUT2D eigenvalue weighted by atomic mass is 9.97. The molecule has 2 aliphatic heterocycles. The third-order valence-corrected chi connectivity index (χ3v) is 5.98. The normalized spacial score (nSPS) is 21.2. The minimum absolute atomic E-state index is 0.0156. The topological polar surface area (TPSA) is 61.8 Å². The van der Waals surface area contributed by atoms with Crippen LogP contribution in [0, 0.1) is 0 Å². The average molecular weight is 376 g/mol. The number of hydrogen-bond acceptors (Lipinski definition) is 5. The van der Waals surface area contributed by atoms with Gasteiger partial charge >= 0.3 is 0 Å². The summed E-state index contributed by atoms with van der Waals surface area (Å²) in [5.74, 6) is 0.790. The van der Waals surface area contributed by atoms with E-state index in [1.807, 2.05) is 12.1 Å². The summed E-state index contributed by atoms with van der Waals surface area (Å²) in [6.45, 7) is 4.31. The number of allylic oxidation sites excluding steroid dienone is 1. The number of hydrogen-bond donors (Lipinski definition) is 2. The summed E-state index contributed by atoms with van der Waals surface area (Å²) in [7, 11) is 0. The van der Waals surface area contributed by atoms with Crippen molar-refractivity contribution in [2.45, 2.75) is 25.5 Å². The van der Waals surface area contributed by atoms with E-state index in [0.717, 1.165) is 38.2 Å². The predicted molar refractivity (Wildman–Crippen MR) is 108 cm³/mol. The van der Waals surface area contributed by atoms with Gasteiger partial charge in [0.25, 0.3) is 0 Å². The lowest BCUT2D eigenvalue weighted by Crippen LogP contribution is -2.42. The van der Waals surface area contributed by atoms with Gasteiger partial charge in [-0.15, -0.1) is 0 Å². The average Bonchev–Trinajstić information content (AvgIpc) is 3.27. The second-order valence-electron chi connectivity index (χ2n) is 7.73. The lowest BCUT2D eigenvalue weighted by molar-refractivity contribution is 0.0862.